The second-order valence-corrected chi connectivity index (χ2v) is 4.72. The Labute approximate surface area is 108 Å². The van der Waals surface area contributed by atoms with Crippen molar-refractivity contribution in [2.45, 2.75) is 25.4 Å². The minimum absolute atomic E-state index is 0.0635. The Bertz CT molecular complexity index is 363. The van der Waals surface area contributed by atoms with Gasteiger partial charge in [0.05, 0.1) is 19.3 Å². The first kappa shape index (κ1) is 13.5. The maximum atomic E-state index is 13.0. The minimum Gasteiger partial charge on any atom is -0.379 e. The maximum absolute atomic E-state index is 13.0. The SMILES string of the molecule is CCC(N)C(c1ccc(F)cc1)N1CCOCC1. The molecule has 0 aromatic heterocycles. The third-order valence-corrected chi connectivity index (χ3v) is 3.53. The van der Waals surface area contributed by atoms with Crippen LogP contribution in [0.15, 0.2) is 24.3 Å². The Morgan fingerprint density at radius 2 is 1.89 bits per heavy atom. The lowest BCUT2D eigenvalue weighted by atomic mass is 9.96. The number of nitrogens with two attached hydrogens (primary N) is 1. The predicted octanol–water partition coefficient (Wildman–Crippen LogP) is 1.94. The number of hydrogen-bond donors (Lipinski definition) is 1. The summed E-state index contributed by atoms with van der Waals surface area (Å²) in [5.41, 5.74) is 7.33. The van der Waals surface area contributed by atoms with Crippen LogP contribution in [0.2, 0.25) is 0 Å². The van der Waals surface area contributed by atoms with Crippen LogP contribution in [0.3, 0.4) is 0 Å². The van der Waals surface area contributed by atoms with Crippen LogP contribution >= 0.6 is 0 Å². The van der Waals surface area contributed by atoms with E-state index in [0.29, 0.717) is 0 Å². The van der Waals surface area contributed by atoms with Crippen LogP contribution in [-0.4, -0.2) is 37.2 Å². The van der Waals surface area contributed by atoms with E-state index in [2.05, 4.69) is 11.8 Å². The van der Waals surface area contributed by atoms with Gasteiger partial charge in [0.15, 0.2) is 0 Å². The molecule has 100 valence electrons. The molecule has 0 aliphatic carbocycles. The quantitative estimate of drug-likeness (QED) is 0.890. The fraction of sp³-hybridized carbons (Fsp3) is 0.571. The lowest BCUT2D eigenvalue weighted by Crippen LogP contribution is -2.46. The Morgan fingerprint density at radius 3 is 2.44 bits per heavy atom. The average molecular weight is 252 g/mol. The van der Waals surface area contributed by atoms with Crippen LogP contribution in [-0.2, 0) is 4.74 Å². The molecule has 0 radical (unpaired) electrons. The zero-order valence-corrected chi connectivity index (χ0v) is 10.8. The topological polar surface area (TPSA) is 38.5 Å². The molecule has 2 N–H and O–H groups in total. The highest BCUT2D eigenvalue weighted by molar-refractivity contribution is 5.21. The zero-order chi connectivity index (χ0) is 13.0. The molecular weight excluding hydrogens is 231 g/mol. The van der Waals surface area contributed by atoms with Crippen molar-refractivity contribution in [2.24, 2.45) is 5.73 Å². The van der Waals surface area contributed by atoms with Gasteiger partial charge in [-0.2, -0.15) is 0 Å². The summed E-state index contributed by atoms with van der Waals surface area (Å²) < 4.78 is 18.4. The molecule has 2 atom stereocenters. The third-order valence-electron chi connectivity index (χ3n) is 3.53. The van der Waals surface area contributed by atoms with Gasteiger partial charge in [-0.15, -0.1) is 0 Å². The molecular formula is C14H21FN2O. The first-order chi connectivity index (χ1) is 8.72. The largest absolute Gasteiger partial charge is 0.379 e. The molecule has 0 bridgehead atoms. The van der Waals surface area contributed by atoms with E-state index in [1.54, 1.807) is 0 Å². The normalized spacial score (nSPS) is 20.6. The van der Waals surface area contributed by atoms with Gasteiger partial charge in [0.25, 0.3) is 0 Å². The summed E-state index contributed by atoms with van der Waals surface area (Å²) in [5, 5.41) is 0. The summed E-state index contributed by atoms with van der Waals surface area (Å²) in [6, 6.07) is 6.90. The lowest BCUT2D eigenvalue weighted by molar-refractivity contribution is 0.0101. The lowest BCUT2D eigenvalue weighted by Gasteiger charge is -2.37. The molecule has 1 aromatic rings. The molecule has 1 heterocycles. The van der Waals surface area contributed by atoms with Gasteiger partial charge < -0.3 is 10.5 Å². The van der Waals surface area contributed by atoms with Gasteiger partial charge in [-0.05, 0) is 24.1 Å². The third kappa shape index (κ3) is 3.07. The molecule has 1 aliphatic heterocycles. The van der Waals surface area contributed by atoms with Crippen molar-refractivity contribution in [1.29, 1.82) is 0 Å². The van der Waals surface area contributed by atoms with Gasteiger partial charge in [-0.25, -0.2) is 4.39 Å². The summed E-state index contributed by atoms with van der Waals surface area (Å²) in [4.78, 5) is 2.34. The fourth-order valence-electron chi connectivity index (χ4n) is 2.47. The number of benzene rings is 1. The molecule has 2 unspecified atom stereocenters. The summed E-state index contributed by atoms with van der Waals surface area (Å²) in [7, 11) is 0. The van der Waals surface area contributed by atoms with Crippen molar-refractivity contribution in [1.82, 2.24) is 4.90 Å². The highest BCUT2D eigenvalue weighted by atomic mass is 19.1. The molecule has 3 nitrogen and oxygen atoms in total. The Hall–Kier alpha value is -0.970. The number of ether oxygens (including phenoxy) is 1. The fourth-order valence-corrected chi connectivity index (χ4v) is 2.47. The first-order valence-electron chi connectivity index (χ1n) is 6.55. The number of halogens is 1. The van der Waals surface area contributed by atoms with Crippen molar-refractivity contribution >= 4 is 0 Å². The average Bonchev–Trinajstić information content (AvgIpc) is 2.42. The van der Waals surface area contributed by atoms with Gasteiger partial charge in [-0.1, -0.05) is 19.1 Å². The Morgan fingerprint density at radius 1 is 1.28 bits per heavy atom. The van der Waals surface area contributed by atoms with Gasteiger partial charge >= 0.3 is 0 Å². The zero-order valence-electron chi connectivity index (χ0n) is 10.8. The Kier molecular flexibility index (Phi) is 4.69. The van der Waals surface area contributed by atoms with Crippen LogP contribution in [0.25, 0.3) is 0 Å². The summed E-state index contributed by atoms with van der Waals surface area (Å²) >= 11 is 0. The van der Waals surface area contributed by atoms with Gasteiger partial charge in [0, 0.05) is 19.1 Å². The van der Waals surface area contributed by atoms with Crippen LogP contribution < -0.4 is 5.73 Å². The summed E-state index contributed by atoms with van der Waals surface area (Å²) in [6.07, 6.45) is 0.902. The monoisotopic (exact) mass is 252 g/mol. The van der Waals surface area contributed by atoms with E-state index in [-0.39, 0.29) is 17.9 Å². The maximum Gasteiger partial charge on any atom is 0.123 e. The highest BCUT2D eigenvalue weighted by Crippen LogP contribution is 2.26. The second-order valence-electron chi connectivity index (χ2n) is 4.72. The van der Waals surface area contributed by atoms with E-state index in [1.807, 2.05) is 12.1 Å². The smallest absolute Gasteiger partial charge is 0.123 e. The van der Waals surface area contributed by atoms with Crippen molar-refractivity contribution in [3.05, 3.63) is 35.6 Å². The second kappa shape index (κ2) is 6.27. The molecule has 18 heavy (non-hydrogen) atoms. The van der Waals surface area contributed by atoms with Crippen LogP contribution in [0, 0.1) is 5.82 Å². The van der Waals surface area contributed by atoms with E-state index < -0.39 is 0 Å². The van der Waals surface area contributed by atoms with Crippen LogP contribution in [0.1, 0.15) is 24.9 Å². The van der Waals surface area contributed by atoms with E-state index in [0.717, 1.165) is 38.3 Å². The summed E-state index contributed by atoms with van der Waals surface area (Å²) in [6.45, 7) is 5.34. The van der Waals surface area contributed by atoms with E-state index >= 15 is 0 Å². The number of hydrogen-bond acceptors (Lipinski definition) is 3. The molecule has 4 heteroatoms. The minimum atomic E-state index is -0.204. The number of morpholine rings is 1. The van der Waals surface area contributed by atoms with Crippen molar-refractivity contribution in [2.75, 3.05) is 26.3 Å². The number of nitrogens with zero attached hydrogens (tertiary/aromatic N) is 1. The highest BCUT2D eigenvalue weighted by Gasteiger charge is 2.26. The van der Waals surface area contributed by atoms with E-state index in [1.165, 1.54) is 12.1 Å². The molecule has 0 spiro atoms. The van der Waals surface area contributed by atoms with E-state index in [4.69, 9.17) is 10.5 Å². The molecule has 1 aromatic carbocycles. The van der Waals surface area contributed by atoms with Crippen molar-refractivity contribution < 1.29 is 9.13 Å². The molecule has 0 saturated carbocycles. The predicted molar refractivity (Wildman–Crippen MR) is 69.8 cm³/mol. The standard InChI is InChI=1S/C14H21FN2O/c1-2-13(16)14(17-7-9-18-10-8-17)11-3-5-12(15)6-4-11/h3-6,13-14H,2,7-10,16H2,1H3. The van der Waals surface area contributed by atoms with E-state index in [9.17, 15) is 4.39 Å². The number of rotatable bonds is 4. The van der Waals surface area contributed by atoms with Gasteiger partial charge in [-0.3, -0.25) is 4.90 Å². The molecule has 0 amide bonds. The first-order valence-corrected chi connectivity index (χ1v) is 6.55. The van der Waals surface area contributed by atoms with Gasteiger partial charge in [0.2, 0.25) is 0 Å². The van der Waals surface area contributed by atoms with Crippen molar-refractivity contribution in [3.63, 3.8) is 0 Å². The van der Waals surface area contributed by atoms with Crippen LogP contribution in [0.4, 0.5) is 4.39 Å². The van der Waals surface area contributed by atoms with Gasteiger partial charge in [0.1, 0.15) is 5.82 Å². The van der Waals surface area contributed by atoms with Crippen molar-refractivity contribution in [3.8, 4) is 0 Å². The molecule has 2 rings (SSSR count). The summed E-state index contributed by atoms with van der Waals surface area (Å²) in [5.74, 6) is -0.204. The van der Waals surface area contributed by atoms with Crippen LogP contribution in [0.5, 0.6) is 0 Å². The molecule has 1 fully saturated rings. The Balaban J connectivity index is 2.20. The molecule has 1 aliphatic rings. The molecule has 1 saturated heterocycles.